The molecular formula is C22H30N8O2. The molecule has 0 radical (unpaired) electrons. The molecule has 0 amide bonds. The van der Waals surface area contributed by atoms with Crippen LogP contribution in [0.4, 0.5) is 11.6 Å². The molecule has 1 aromatic heterocycles. The number of aromatic nitrogens is 2. The van der Waals surface area contributed by atoms with Gasteiger partial charge in [0.2, 0.25) is 12.2 Å². The fourth-order valence-corrected chi connectivity index (χ4v) is 4.48. The van der Waals surface area contributed by atoms with Gasteiger partial charge in [0.05, 0.1) is 18.0 Å². The molecule has 10 nitrogen and oxygen atoms in total. The van der Waals surface area contributed by atoms with Crippen molar-refractivity contribution in [2.75, 3.05) is 36.4 Å². The molecule has 2 aromatic rings. The van der Waals surface area contributed by atoms with E-state index in [1.807, 2.05) is 30.3 Å². The molecular weight excluding hydrogens is 408 g/mol. The van der Waals surface area contributed by atoms with E-state index in [9.17, 15) is 4.79 Å². The van der Waals surface area contributed by atoms with Crippen molar-refractivity contribution < 1.29 is 4.84 Å². The number of anilines is 2. The summed E-state index contributed by atoms with van der Waals surface area (Å²) < 4.78 is 0. The third-order valence-electron chi connectivity index (χ3n) is 6.22. The number of H-pyrrole nitrogens is 1. The Bertz CT molecular complexity index is 1000. The zero-order chi connectivity index (χ0) is 21.9. The first kappa shape index (κ1) is 20.9. The summed E-state index contributed by atoms with van der Waals surface area (Å²) in [5.41, 5.74) is 8.91. The van der Waals surface area contributed by atoms with Crippen molar-refractivity contribution in [1.82, 2.24) is 19.9 Å². The predicted octanol–water partition coefficient (Wildman–Crippen LogP) is 1.41. The molecule has 1 unspecified atom stereocenters. The van der Waals surface area contributed by atoms with E-state index < -0.39 is 6.29 Å². The number of aromatic amines is 1. The zero-order valence-electron chi connectivity index (χ0n) is 18.2. The Hall–Kier alpha value is -2.95. The molecule has 1 saturated heterocycles. The van der Waals surface area contributed by atoms with E-state index >= 15 is 0 Å². The van der Waals surface area contributed by atoms with Crippen LogP contribution in [0.1, 0.15) is 36.9 Å². The molecule has 0 bridgehead atoms. The van der Waals surface area contributed by atoms with Crippen LogP contribution in [-0.2, 0) is 17.7 Å². The average molecular weight is 439 g/mol. The fraction of sp³-hybridized carbons (Fsp3) is 0.500. The number of hydrazine groups is 1. The first-order valence-electron chi connectivity index (χ1n) is 11.4. The normalized spacial score (nSPS) is 20.7. The summed E-state index contributed by atoms with van der Waals surface area (Å²) in [5, 5.41) is 9.33. The number of benzene rings is 1. The summed E-state index contributed by atoms with van der Waals surface area (Å²) in [7, 11) is 0. The molecule has 5 rings (SSSR count). The third-order valence-corrected chi connectivity index (χ3v) is 6.22. The minimum Gasteiger partial charge on any atom is -0.301 e. The Kier molecular flexibility index (Phi) is 6.06. The number of rotatable bonds is 7. The number of hydrogen-bond acceptors (Lipinski definition) is 9. The number of nitrogens with one attached hydrogen (secondary N) is 1. The fourth-order valence-electron chi connectivity index (χ4n) is 4.48. The molecule has 1 aromatic carbocycles. The van der Waals surface area contributed by atoms with Gasteiger partial charge < -0.3 is 4.90 Å². The predicted molar refractivity (Wildman–Crippen MR) is 123 cm³/mol. The Balaban J connectivity index is 1.34. The Morgan fingerprint density at radius 3 is 2.72 bits per heavy atom. The average Bonchev–Trinajstić information content (AvgIpc) is 3.47. The van der Waals surface area contributed by atoms with E-state index in [1.54, 1.807) is 16.5 Å². The Labute approximate surface area is 187 Å². The van der Waals surface area contributed by atoms with Gasteiger partial charge in [-0.15, -0.1) is 0 Å². The summed E-state index contributed by atoms with van der Waals surface area (Å²) >= 11 is 0. The molecule has 0 saturated carbocycles. The second-order valence-electron chi connectivity index (χ2n) is 8.38. The second-order valence-corrected chi connectivity index (χ2v) is 8.38. The van der Waals surface area contributed by atoms with Crippen LogP contribution >= 0.6 is 0 Å². The minimum absolute atomic E-state index is 0.104. The molecule has 32 heavy (non-hydrogen) atoms. The maximum Gasteiger partial charge on any atom is 0.255 e. The summed E-state index contributed by atoms with van der Waals surface area (Å²) in [4.78, 5) is 28.7. The molecule has 1 fully saturated rings. The SMILES string of the molecule is NC1N(c2nc3c(c(=O)[nH]2)CCCC3)N=CN1N(OCCN1CCCC1)c1ccccc1. The number of hydrogen-bond donors (Lipinski definition) is 2. The molecule has 10 heteroatoms. The van der Waals surface area contributed by atoms with Crippen molar-refractivity contribution >= 4 is 18.0 Å². The van der Waals surface area contributed by atoms with Crippen molar-refractivity contribution in [3.8, 4) is 0 Å². The van der Waals surface area contributed by atoms with Gasteiger partial charge in [0.1, 0.15) is 6.34 Å². The largest absolute Gasteiger partial charge is 0.301 e. The van der Waals surface area contributed by atoms with E-state index in [-0.39, 0.29) is 5.56 Å². The van der Waals surface area contributed by atoms with Crippen LogP contribution in [0.3, 0.4) is 0 Å². The molecule has 3 heterocycles. The number of nitrogens with two attached hydrogens (primary N) is 1. The standard InChI is InChI=1S/C22H30N8O2/c23-21-28(16-24-29(21)22-25-19-11-5-4-10-18(19)20(31)26-22)30(17-8-2-1-3-9-17)32-15-14-27-12-6-7-13-27/h1-3,8-9,16,21H,4-7,10-15,23H2,(H,25,26,31). The first-order chi connectivity index (χ1) is 15.7. The van der Waals surface area contributed by atoms with E-state index in [0.29, 0.717) is 12.6 Å². The van der Waals surface area contributed by atoms with Crippen molar-refractivity contribution in [1.29, 1.82) is 0 Å². The van der Waals surface area contributed by atoms with Gasteiger partial charge >= 0.3 is 0 Å². The molecule has 0 spiro atoms. The number of para-hydroxylation sites is 1. The third kappa shape index (κ3) is 4.21. The monoisotopic (exact) mass is 438 g/mol. The van der Waals surface area contributed by atoms with Crippen LogP contribution in [0.2, 0.25) is 0 Å². The highest BCUT2D eigenvalue weighted by atomic mass is 16.7. The van der Waals surface area contributed by atoms with Gasteiger partial charge in [-0.25, -0.2) is 9.99 Å². The number of hydrazone groups is 1. The van der Waals surface area contributed by atoms with Crippen LogP contribution in [0, 0.1) is 0 Å². The molecule has 3 aliphatic rings. The van der Waals surface area contributed by atoms with Crippen LogP contribution in [0.25, 0.3) is 0 Å². The minimum atomic E-state index is -0.716. The molecule has 1 aliphatic carbocycles. The zero-order valence-corrected chi connectivity index (χ0v) is 18.2. The van der Waals surface area contributed by atoms with Gasteiger partial charge in [-0.3, -0.25) is 20.3 Å². The van der Waals surface area contributed by atoms with E-state index in [2.05, 4.69) is 20.0 Å². The maximum absolute atomic E-state index is 12.6. The quantitative estimate of drug-likeness (QED) is 0.625. The van der Waals surface area contributed by atoms with Gasteiger partial charge in [0.25, 0.3) is 5.56 Å². The lowest BCUT2D eigenvalue weighted by Gasteiger charge is -2.35. The van der Waals surface area contributed by atoms with Crippen LogP contribution in [0.5, 0.6) is 0 Å². The Morgan fingerprint density at radius 2 is 1.91 bits per heavy atom. The topological polar surface area (TPSA) is 106 Å². The van der Waals surface area contributed by atoms with Crippen LogP contribution < -0.4 is 21.5 Å². The van der Waals surface area contributed by atoms with E-state index in [4.69, 9.17) is 10.6 Å². The van der Waals surface area contributed by atoms with Crippen LogP contribution in [0.15, 0.2) is 40.2 Å². The van der Waals surface area contributed by atoms with Gasteiger partial charge in [0.15, 0.2) is 0 Å². The van der Waals surface area contributed by atoms with Crippen molar-refractivity contribution in [2.24, 2.45) is 10.8 Å². The van der Waals surface area contributed by atoms with Crippen LogP contribution in [-0.4, -0.2) is 58.7 Å². The number of aryl methyl sites for hydroxylation is 1. The smallest absolute Gasteiger partial charge is 0.255 e. The van der Waals surface area contributed by atoms with E-state index in [0.717, 1.165) is 62.3 Å². The van der Waals surface area contributed by atoms with Gasteiger partial charge in [-0.1, -0.05) is 18.2 Å². The van der Waals surface area contributed by atoms with Crippen molar-refractivity contribution in [3.63, 3.8) is 0 Å². The maximum atomic E-state index is 12.6. The summed E-state index contributed by atoms with van der Waals surface area (Å²) in [6, 6.07) is 9.77. The lowest BCUT2D eigenvalue weighted by molar-refractivity contribution is 0.00990. The van der Waals surface area contributed by atoms with Gasteiger partial charge in [-0.2, -0.15) is 15.3 Å². The summed E-state index contributed by atoms with van der Waals surface area (Å²) in [6.07, 6.45) is 7.01. The molecule has 3 N–H and O–H groups in total. The van der Waals surface area contributed by atoms with Crippen molar-refractivity contribution in [2.45, 2.75) is 44.8 Å². The van der Waals surface area contributed by atoms with Gasteiger partial charge in [0, 0.05) is 12.1 Å². The molecule has 1 atom stereocenters. The van der Waals surface area contributed by atoms with Crippen molar-refractivity contribution in [3.05, 3.63) is 51.9 Å². The molecule has 170 valence electrons. The highest BCUT2D eigenvalue weighted by Crippen LogP contribution is 2.24. The van der Waals surface area contributed by atoms with E-state index in [1.165, 1.54) is 17.9 Å². The summed E-state index contributed by atoms with van der Waals surface area (Å²) in [6.45, 7) is 3.61. The first-order valence-corrected chi connectivity index (χ1v) is 11.4. The number of likely N-dealkylation sites (tertiary alicyclic amines) is 1. The number of nitrogens with zero attached hydrogens (tertiary/aromatic N) is 6. The highest BCUT2D eigenvalue weighted by Gasteiger charge is 2.33. The Morgan fingerprint density at radius 1 is 1.12 bits per heavy atom. The lowest BCUT2D eigenvalue weighted by atomic mass is 9.97. The summed E-state index contributed by atoms with van der Waals surface area (Å²) in [5.74, 6) is 0.354. The highest BCUT2D eigenvalue weighted by molar-refractivity contribution is 5.65. The lowest BCUT2D eigenvalue weighted by Crippen LogP contribution is -2.55. The second kappa shape index (κ2) is 9.27. The molecule has 2 aliphatic heterocycles. The van der Waals surface area contributed by atoms with Gasteiger partial charge in [-0.05, 0) is 63.7 Å². The number of fused-ring (bicyclic) bond motifs is 1.